The molecule has 0 radical (unpaired) electrons. The van der Waals surface area contributed by atoms with Crippen LogP contribution in [0.2, 0.25) is 0 Å². The number of aromatic nitrogens is 2. The second kappa shape index (κ2) is 6.83. The summed E-state index contributed by atoms with van der Waals surface area (Å²) in [5.41, 5.74) is 2.18. The highest BCUT2D eigenvalue weighted by atomic mass is 16.5. The fraction of sp³-hybridized carbons (Fsp3) is 0.312. The molecule has 5 nitrogen and oxygen atoms in total. The van der Waals surface area contributed by atoms with Crippen LogP contribution < -0.4 is 10.1 Å². The number of hydrogen-bond donors (Lipinski definition) is 1. The van der Waals surface area contributed by atoms with Crippen molar-refractivity contribution < 1.29 is 9.53 Å². The van der Waals surface area contributed by atoms with E-state index in [9.17, 15) is 4.79 Å². The third kappa shape index (κ3) is 4.27. The van der Waals surface area contributed by atoms with Crippen LogP contribution in [0, 0.1) is 13.8 Å². The number of aryl methyl sites for hydroxylation is 2. The van der Waals surface area contributed by atoms with Crippen LogP contribution >= 0.6 is 0 Å². The van der Waals surface area contributed by atoms with Crippen molar-refractivity contribution in [3.8, 4) is 5.75 Å². The molecule has 0 atom stereocenters. The molecule has 1 heterocycles. The van der Waals surface area contributed by atoms with Gasteiger partial charge < -0.3 is 4.74 Å². The third-order valence-electron chi connectivity index (χ3n) is 2.80. The van der Waals surface area contributed by atoms with Crippen molar-refractivity contribution in [2.75, 3.05) is 11.9 Å². The van der Waals surface area contributed by atoms with Crippen LogP contribution in [0.15, 0.2) is 30.3 Å². The lowest BCUT2D eigenvalue weighted by molar-refractivity contribution is 0.102. The highest BCUT2D eigenvalue weighted by Crippen LogP contribution is 2.13. The van der Waals surface area contributed by atoms with Crippen molar-refractivity contribution in [2.24, 2.45) is 0 Å². The van der Waals surface area contributed by atoms with Crippen LogP contribution in [-0.2, 0) is 0 Å². The summed E-state index contributed by atoms with van der Waals surface area (Å²) in [4.78, 5) is 20.5. The van der Waals surface area contributed by atoms with Gasteiger partial charge in [0, 0.05) is 17.0 Å². The van der Waals surface area contributed by atoms with Crippen LogP contribution in [0.4, 0.5) is 5.95 Å². The van der Waals surface area contributed by atoms with Crippen LogP contribution in [0.3, 0.4) is 0 Å². The summed E-state index contributed by atoms with van der Waals surface area (Å²) in [5, 5.41) is 2.70. The maximum absolute atomic E-state index is 12.1. The first-order chi connectivity index (χ1) is 10.1. The Hall–Kier alpha value is -2.43. The van der Waals surface area contributed by atoms with Crippen LogP contribution in [-0.4, -0.2) is 22.5 Å². The molecule has 1 aromatic heterocycles. The predicted molar refractivity (Wildman–Crippen MR) is 81.7 cm³/mol. The Labute approximate surface area is 124 Å². The SMILES string of the molecule is CCCOc1ccc(C(=O)Nc2nc(C)cc(C)n2)cc1. The molecule has 0 aliphatic heterocycles. The van der Waals surface area contributed by atoms with E-state index in [2.05, 4.69) is 15.3 Å². The lowest BCUT2D eigenvalue weighted by Gasteiger charge is -2.07. The van der Waals surface area contributed by atoms with E-state index in [0.717, 1.165) is 23.6 Å². The van der Waals surface area contributed by atoms with Gasteiger partial charge >= 0.3 is 0 Å². The second-order valence-electron chi connectivity index (χ2n) is 4.80. The van der Waals surface area contributed by atoms with Crippen molar-refractivity contribution in [2.45, 2.75) is 27.2 Å². The zero-order valence-electron chi connectivity index (χ0n) is 12.5. The normalized spacial score (nSPS) is 10.2. The summed E-state index contributed by atoms with van der Waals surface area (Å²) in [6.07, 6.45) is 0.951. The Bertz CT molecular complexity index is 604. The zero-order chi connectivity index (χ0) is 15.2. The number of nitrogens with zero attached hydrogens (tertiary/aromatic N) is 2. The van der Waals surface area contributed by atoms with Crippen LogP contribution in [0.5, 0.6) is 5.75 Å². The molecule has 0 fully saturated rings. The molecule has 1 amide bonds. The molecule has 0 saturated carbocycles. The molecule has 21 heavy (non-hydrogen) atoms. The van der Waals surface area contributed by atoms with Crippen molar-refractivity contribution in [3.63, 3.8) is 0 Å². The number of hydrogen-bond acceptors (Lipinski definition) is 4. The van der Waals surface area contributed by atoms with Gasteiger partial charge in [0.15, 0.2) is 0 Å². The molecule has 0 aliphatic carbocycles. The summed E-state index contributed by atoms with van der Waals surface area (Å²) >= 11 is 0. The number of rotatable bonds is 5. The maximum atomic E-state index is 12.1. The first-order valence-electron chi connectivity index (χ1n) is 6.95. The van der Waals surface area contributed by atoms with Gasteiger partial charge in [-0.25, -0.2) is 9.97 Å². The van der Waals surface area contributed by atoms with Gasteiger partial charge in [-0.05, 0) is 50.6 Å². The standard InChI is InChI=1S/C16H19N3O2/c1-4-9-21-14-7-5-13(6-8-14)15(20)19-16-17-11(2)10-12(3)18-16/h5-8,10H,4,9H2,1-3H3,(H,17,18,19,20). The van der Waals surface area contributed by atoms with Gasteiger partial charge in [-0.3, -0.25) is 10.1 Å². The number of carbonyl (C=O) groups excluding carboxylic acids is 1. The number of anilines is 1. The molecule has 0 unspecified atom stereocenters. The Morgan fingerprint density at radius 1 is 1.14 bits per heavy atom. The summed E-state index contributed by atoms with van der Waals surface area (Å²) < 4.78 is 5.48. The first kappa shape index (κ1) is 15.0. The molecule has 110 valence electrons. The average molecular weight is 285 g/mol. The lowest BCUT2D eigenvalue weighted by Crippen LogP contribution is -2.14. The molecule has 0 spiro atoms. The minimum absolute atomic E-state index is 0.234. The van der Waals surface area contributed by atoms with Crippen LogP contribution in [0.25, 0.3) is 0 Å². The Kier molecular flexibility index (Phi) is 4.87. The van der Waals surface area contributed by atoms with Gasteiger partial charge in [0.1, 0.15) is 5.75 Å². The van der Waals surface area contributed by atoms with E-state index in [-0.39, 0.29) is 5.91 Å². The van der Waals surface area contributed by atoms with Crippen LogP contribution in [0.1, 0.15) is 35.1 Å². The fourth-order valence-corrected chi connectivity index (χ4v) is 1.88. The molecule has 2 aromatic rings. The highest BCUT2D eigenvalue weighted by Gasteiger charge is 2.08. The van der Waals surface area contributed by atoms with Gasteiger partial charge in [0.25, 0.3) is 5.91 Å². The fourth-order valence-electron chi connectivity index (χ4n) is 1.88. The van der Waals surface area contributed by atoms with E-state index >= 15 is 0 Å². The first-order valence-corrected chi connectivity index (χ1v) is 6.95. The molecule has 0 bridgehead atoms. The zero-order valence-corrected chi connectivity index (χ0v) is 12.5. The van der Waals surface area contributed by atoms with Crippen molar-refractivity contribution in [1.82, 2.24) is 9.97 Å². The second-order valence-corrected chi connectivity index (χ2v) is 4.80. The topological polar surface area (TPSA) is 64.1 Å². The molecule has 0 saturated heterocycles. The van der Waals surface area contributed by atoms with Crippen molar-refractivity contribution in [1.29, 1.82) is 0 Å². The van der Waals surface area contributed by atoms with Gasteiger partial charge in [0.05, 0.1) is 6.61 Å². The minimum atomic E-state index is -0.234. The summed E-state index contributed by atoms with van der Waals surface area (Å²) in [5.74, 6) is 0.849. The number of ether oxygens (including phenoxy) is 1. The van der Waals surface area contributed by atoms with E-state index in [0.29, 0.717) is 18.1 Å². The molecular weight excluding hydrogens is 266 g/mol. The molecular formula is C16H19N3O2. The average Bonchev–Trinajstić information content (AvgIpc) is 2.44. The van der Waals surface area contributed by atoms with Crippen molar-refractivity contribution >= 4 is 11.9 Å². The highest BCUT2D eigenvalue weighted by molar-refractivity contribution is 6.03. The number of carbonyl (C=O) groups is 1. The molecule has 1 N–H and O–H groups in total. The molecule has 0 aliphatic rings. The van der Waals surface area contributed by atoms with Gasteiger partial charge in [-0.2, -0.15) is 0 Å². The predicted octanol–water partition coefficient (Wildman–Crippen LogP) is 3.13. The lowest BCUT2D eigenvalue weighted by atomic mass is 10.2. The largest absolute Gasteiger partial charge is 0.494 e. The number of benzene rings is 1. The van der Waals surface area contributed by atoms with Gasteiger partial charge in [-0.1, -0.05) is 6.92 Å². The third-order valence-corrected chi connectivity index (χ3v) is 2.80. The monoisotopic (exact) mass is 285 g/mol. The van der Waals surface area contributed by atoms with E-state index in [1.165, 1.54) is 0 Å². The number of nitrogens with one attached hydrogen (secondary N) is 1. The van der Waals surface area contributed by atoms with E-state index in [4.69, 9.17) is 4.74 Å². The number of amides is 1. The van der Waals surface area contributed by atoms with Crippen molar-refractivity contribution in [3.05, 3.63) is 47.3 Å². The van der Waals surface area contributed by atoms with E-state index in [1.54, 1.807) is 24.3 Å². The van der Waals surface area contributed by atoms with Gasteiger partial charge in [-0.15, -0.1) is 0 Å². The summed E-state index contributed by atoms with van der Waals surface area (Å²) in [7, 11) is 0. The summed E-state index contributed by atoms with van der Waals surface area (Å²) in [6, 6.07) is 8.88. The molecule has 1 aromatic carbocycles. The smallest absolute Gasteiger partial charge is 0.258 e. The maximum Gasteiger partial charge on any atom is 0.258 e. The molecule has 5 heteroatoms. The van der Waals surface area contributed by atoms with E-state index < -0.39 is 0 Å². The molecule has 2 rings (SSSR count). The van der Waals surface area contributed by atoms with Gasteiger partial charge in [0.2, 0.25) is 5.95 Å². The van der Waals surface area contributed by atoms with E-state index in [1.807, 2.05) is 26.8 Å². The Morgan fingerprint density at radius 3 is 2.33 bits per heavy atom. The quantitative estimate of drug-likeness (QED) is 0.916. The minimum Gasteiger partial charge on any atom is -0.494 e. The Morgan fingerprint density at radius 2 is 1.76 bits per heavy atom. The summed E-state index contributed by atoms with van der Waals surface area (Å²) in [6.45, 7) is 6.45. The Balaban J connectivity index is 2.06.